The molecule has 1 saturated heterocycles. The molecule has 0 aliphatic carbocycles. The molecule has 0 unspecified atom stereocenters. The van der Waals surface area contributed by atoms with E-state index in [4.69, 9.17) is 9.47 Å². The Balaban J connectivity index is 2.11. The molecule has 0 saturated carbocycles. The van der Waals surface area contributed by atoms with Gasteiger partial charge < -0.3 is 9.47 Å². The molecule has 2 nitrogen and oxygen atoms in total. The Kier molecular flexibility index (Phi) is 4.32. The lowest BCUT2D eigenvalue weighted by Crippen LogP contribution is -2.49. The average molecular weight is 262 g/mol. The van der Waals surface area contributed by atoms with E-state index < -0.39 is 0 Å². The van der Waals surface area contributed by atoms with E-state index in [0.29, 0.717) is 5.92 Å². The first-order valence-electron chi connectivity index (χ1n) is 7.24. The fourth-order valence-corrected chi connectivity index (χ4v) is 2.98. The van der Waals surface area contributed by atoms with E-state index in [1.165, 1.54) is 5.56 Å². The van der Waals surface area contributed by atoms with Gasteiger partial charge in [-0.25, -0.2) is 0 Å². The molecule has 1 aliphatic rings. The van der Waals surface area contributed by atoms with Gasteiger partial charge in [-0.1, -0.05) is 65.0 Å². The predicted octanol–water partition coefficient (Wildman–Crippen LogP) is 4.21. The SMILES string of the molecule is CC(C)[C@@H]1O[C@@H]([C@@H](C)c2ccccc2)OCC1(C)C. The van der Waals surface area contributed by atoms with Crippen molar-refractivity contribution in [2.24, 2.45) is 11.3 Å². The highest BCUT2D eigenvalue weighted by molar-refractivity contribution is 5.19. The summed E-state index contributed by atoms with van der Waals surface area (Å²) in [7, 11) is 0. The fourth-order valence-electron chi connectivity index (χ4n) is 2.98. The molecule has 2 rings (SSSR count). The summed E-state index contributed by atoms with van der Waals surface area (Å²) in [5.41, 5.74) is 1.36. The second-order valence-electron chi connectivity index (χ2n) is 6.67. The van der Waals surface area contributed by atoms with E-state index >= 15 is 0 Å². The molecule has 1 fully saturated rings. The monoisotopic (exact) mass is 262 g/mol. The van der Waals surface area contributed by atoms with Crippen LogP contribution in [-0.2, 0) is 9.47 Å². The summed E-state index contributed by atoms with van der Waals surface area (Å²) in [4.78, 5) is 0. The Morgan fingerprint density at radius 1 is 1.11 bits per heavy atom. The van der Waals surface area contributed by atoms with Gasteiger partial charge >= 0.3 is 0 Å². The van der Waals surface area contributed by atoms with Crippen molar-refractivity contribution >= 4 is 0 Å². The number of hydrogen-bond acceptors (Lipinski definition) is 2. The molecule has 1 aromatic carbocycles. The van der Waals surface area contributed by atoms with Gasteiger partial charge in [-0.2, -0.15) is 0 Å². The van der Waals surface area contributed by atoms with Crippen LogP contribution in [0.5, 0.6) is 0 Å². The topological polar surface area (TPSA) is 18.5 Å². The second kappa shape index (κ2) is 5.64. The molecule has 0 bridgehead atoms. The number of hydrogen-bond donors (Lipinski definition) is 0. The van der Waals surface area contributed by atoms with Gasteiger partial charge in [0.25, 0.3) is 0 Å². The highest BCUT2D eigenvalue weighted by Gasteiger charge is 2.41. The molecular weight excluding hydrogens is 236 g/mol. The van der Waals surface area contributed by atoms with Crippen molar-refractivity contribution in [3.05, 3.63) is 35.9 Å². The molecule has 0 spiro atoms. The quantitative estimate of drug-likeness (QED) is 0.812. The minimum Gasteiger partial charge on any atom is -0.351 e. The lowest BCUT2D eigenvalue weighted by atomic mass is 9.80. The van der Waals surface area contributed by atoms with Crippen LogP contribution in [0, 0.1) is 11.3 Å². The van der Waals surface area contributed by atoms with Crippen LogP contribution in [0.25, 0.3) is 0 Å². The van der Waals surface area contributed by atoms with Crippen LogP contribution in [0.4, 0.5) is 0 Å². The molecule has 3 atom stereocenters. The van der Waals surface area contributed by atoms with Gasteiger partial charge in [-0.05, 0) is 11.5 Å². The zero-order chi connectivity index (χ0) is 14.0. The van der Waals surface area contributed by atoms with Gasteiger partial charge in [0, 0.05) is 11.3 Å². The molecule has 1 aliphatic heterocycles. The van der Waals surface area contributed by atoms with Crippen molar-refractivity contribution < 1.29 is 9.47 Å². The van der Waals surface area contributed by atoms with Crippen LogP contribution in [0.2, 0.25) is 0 Å². The number of rotatable bonds is 3. The summed E-state index contributed by atoms with van der Waals surface area (Å²) in [6, 6.07) is 10.5. The highest BCUT2D eigenvalue weighted by Crippen LogP contribution is 2.38. The maximum Gasteiger partial charge on any atom is 0.164 e. The van der Waals surface area contributed by atoms with Crippen molar-refractivity contribution in [3.63, 3.8) is 0 Å². The van der Waals surface area contributed by atoms with Crippen molar-refractivity contribution in [2.75, 3.05) is 6.61 Å². The molecule has 0 amide bonds. The Morgan fingerprint density at radius 2 is 1.74 bits per heavy atom. The summed E-state index contributed by atoms with van der Waals surface area (Å²) in [5.74, 6) is 0.767. The van der Waals surface area contributed by atoms with Crippen molar-refractivity contribution in [1.82, 2.24) is 0 Å². The van der Waals surface area contributed by atoms with Gasteiger partial charge in [0.05, 0.1) is 12.7 Å². The van der Waals surface area contributed by atoms with E-state index in [1.807, 2.05) is 6.07 Å². The van der Waals surface area contributed by atoms with E-state index in [-0.39, 0.29) is 23.7 Å². The molecule has 0 radical (unpaired) electrons. The molecule has 19 heavy (non-hydrogen) atoms. The molecule has 0 N–H and O–H groups in total. The lowest BCUT2D eigenvalue weighted by Gasteiger charge is -2.45. The third kappa shape index (κ3) is 3.18. The van der Waals surface area contributed by atoms with Gasteiger partial charge in [-0.3, -0.25) is 0 Å². The van der Waals surface area contributed by atoms with Crippen LogP contribution in [-0.4, -0.2) is 19.0 Å². The summed E-state index contributed by atoms with van der Waals surface area (Å²) in [6.07, 6.45) is 0.111. The third-order valence-corrected chi connectivity index (χ3v) is 4.01. The fraction of sp³-hybridized carbons (Fsp3) is 0.647. The van der Waals surface area contributed by atoms with Gasteiger partial charge in [-0.15, -0.1) is 0 Å². The van der Waals surface area contributed by atoms with Crippen LogP contribution in [0.3, 0.4) is 0 Å². The molecule has 2 heteroatoms. The zero-order valence-electron chi connectivity index (χ0n) is 12.7. The predicted molar refractivity (Wildman–Crippen MR) is 78.1 cm³/mol. The third-order valence-electron chi connectivity index (χ3n) is 4.01. The Labute approximate surface area is 117 Å². The first-order valence-corrected chi connectivity index (χ1v) is 7.24. The molecule has 0 aromatic heterocycles. The van der Waals surface area contributed by atoms with Gasteiger partial charge in [0.1, 0.15) is 0 Å². The van der Waals surface area contributed by atoms with Gasteiger partial charge in [0.2, 0.25) is 0 Å². The van der Waals surface area contributed by atoms with Crippen molar-refractivity contribution in [3.8, 4) is 0 Å². The smallest absolute Gasteiger partial charge is 0.164 e. The molecule has 106 valence electrons. The average Bonchev–Trinajstić information content (AvgIpc) is 2.38. The zero-order valence-corrected chi connectivity index (χ0v) is 12.7. The van der Waals surface area contributed by atoms with Crippen LogP contribution in [0.15, 0.2) is 30.3 Å². The van der Waals surface area contributed by atoms with E-state index in [0.717, 1.165) is 6.61 Å². The first kappa shape index (κ1) is 14.5. The summed E-state index contributed by atoms with van der Waals surface area (Å²) in [6.45, 7) is 11.8. The molecule has 1 aromatic rings. The standard InChI is InChI=1S/C17H26O2/c1-12(2)15-17(4,5)11-18-16(19-15)13(3)14-9-7-6-8-10-14/h6-10,12-13,15-16H,11H2,1-5H3/t13-,15-,16-/m0/s1. The Bertz CT molecular complexity index is 397. The minimum absolute atomic E-state index is 0.0844. The Hall–Kier alpha value is -0.860. The van der Waals surface area contributed by atoms with Crippen molar-refractivity contribution in [2.45, 2.75) is 52.9 Å². The van der Waals surface area contributed by atoms with Crippen molar-refractivity contribution in [1.29, 1.82) is 0 Å². The van der Waals surface area contributed by atoms with Crippen LogP contribution >= 0.6 is 0 Å². The Morgan fingerprint density at radius 3 is 2.32 bits per heavy atom. The summed E-state index contributed by atoms with van der Waals surface area (Å²) in [5, 5.41) is 0. The lowest BCUT2D eigenvalue weighted by molar-refractivity contribution is -0.275. The van der Waals surface area contributed by atoms with Gasteiger partial charge in [0.15, 0.2) is 6.29 Å². The molecular formula is C17H26O2. The van der Waals surface area contributed by atoms with Crippen LogP contribution in [0.1, 0.15) is 46.1 Å². The minimum atomic E-state index is -0.136. The summed E-state index contributed by atoms with van der Waals surface area (Å²) >= 11 is 0. The first-order chi connectivity index (χ1) is 8.92. The maximum absolute atomic E-state index is 6.26. The largest absolute Gasteiger partial charge is 0.351 e. The number of ether oxygens (including phenoxy) is 2. The van der Waals surface area contributed by atoms with E-state index in [1.54, 1.807) is 0 Å². The van der Waals surface area contributed by atoms with E-state index in [2.05, 4.69) is 58.9 Å². The summed E-state index contributed by atoms with van der Waals surface area (Å²) < 4.78 is 12.2. The normalized spacial score (nSPS) is 28.3. The molecule has 1 heterocycles. The van der Waals surface area contributed by atoms with Crippen LogP contribution < -0.4 is 0 Å². The number of benzene rings is 1. The van der Waals surface area contributed by atoms with E-state index in [9.17, 15) is 0 Å². The maximum atomic E-state index is 6.26. The highest BCUT2D eigenvalue weighted by atomic mass is 16.7. The second-order valence-corrected chi connectivity index (χ2v) is 6.67.